The van der Waals surface area contributed by atoms with E-state index in [1.54, 1.807) is 11.1 Å². The molecule has 0 nitrogen and oxygen atoms in total. The van der Waals surface area contributed by atoms with Crippen LogP contribution >= 0.6 is 0 Å². The van der Waals surface area contributed by atoms with Crippen molar-refractivity contribution in [1.29, 1.82) is 0 Å². The Hall–Kier alpha value is -0.520. The Kier molecular flexibility index (Phi) is 3.39. The summed E-state index contributed by atoms with van der Waals surface area (Å²) in [6.45, 7) is 9.70. The topological polar surface area (TPSA) is 0 Å². The van der Waals surface area contributed by atoms with Gasteiger partial charge in [-0.1, -0.05) is 43.9 Å². The van der Waals surface area contributed by atoms with Crippen molar-refractivity contribution in [2.45, 2.75) is 72.6 Å². The molecule has 0 radical (unpaired) electrons. The molecule has 106 valence electrons. The van der Waals surface area contributed by atoms with Crippen LogP contribution in [0.25, 0.3) is 0 Å². The molecule has 0 amide bonds. The summed E-state index contributed by atoms with van der Waals surface area (Å²) in [6.07, 6.45) is 12.6. The van der Waals surface area contributed by atoms with E-state index in [-0.39, 0.29) is 0 Å². The average Bonchev–Trinajstić information content (AvgIpc) is 2.38. The molecular formula is C19H30. The third-order valence-corrected chi connectivity index (χ3v) is 6.60. The minimum absolute atomic E-state index is 0.620. The standard InChI is InChI=1S/C19H30/c1-13(2)15-7-10-18-16(12-15)8-9-17-14(3)6-5-11-19(17,18)4/h12,14,17-18H,5-11H2,1-4H3. The van der Waals surface area contributed by atoms with Crippen molar-refractivity contribution in [3.63, 3.8) is 0 Å². The molecule has 4 unspecified atom stereocenters. The van der Waals surface area contributed by atoms with E-state index in [2.05, 4.69) is 33.8 Å². The highest BCUT2D eigenvalue weighted by molar-refractivity contribution is 5.34. The molecule has 19 heavy (non-hydrogen) atoms. The third kappa shape index (κ3) is 2.12. The zero-order valence-corrected chi connectivity index (χ0v) is 13.3. The van der Waals surface area contributed by atoms with E-state index in [4.69, 9.17) is 0 Å². The molecule has 0 spiro atoms. The predicted molar refractivity (Wildman–Crippen MR) is 83.0 cm³/mol. The maximum atomic E-state index is 2.62. The first kappa shape index (κ1) is 13.5. The van der Waals surface area contributed by atoms with Gasteiger partial charge in [-0.3, -0.25) is 0 Å². The molecule has 3 rings (SSSR count). The van der Waals surface area contributed by atoms with Gasteiger partial charge >= 0.3 is 0 Å². The molecule has 0 aromatic heterocycles. The van der Waals surface area contributed by atoms with Crippen LogP contribution in [0.1, 0.15) is 72.6 Å². The van der Waals surface area contributed by atoms with Crippen LogP contribution in [0.4, 0.5) is 0 Å². The van der Waals surface area contributed by atoms with Crippen LogP contribution in [-0.4, -0.2) is 0 Å². The van der Waals surface area contributed by atoms with E-state index in [9.17, 15) is 0 Å². The van der Waals surface area contributed by atoms with Gasteiger partial charge in [0.1, 0.15) is 0 Å². The molecule has 4 atom stereocenters. The fourth-order valence-corrected chi connectivity index (χ4v) is 5.49. The van der Waals surface area contributed by atoms with Gasteiger partial charge in [0.2, 0.25) is 0 Å². The molecule has 0 heterocycles. The lowest BCUT2D eigenvalue weighted by Crippen LogP contribution is -2.46. The fraction of sp³-hybridized carbons (Fsp3) is 0.789. The molecule has 2 saturated carbocycles. The molecule has 3 aliphatic rings. The van der Waals surface area contributed by atoms with Crippen molar-refractivity contribution in [3.8, 4) is 0 Å². The van der Waals surface area contributed by atoms with Crippen molar-refractivity contribution >= 4 is 0 Å². The van der Waals surface area contributed by atoms with E-state index in [1.165, 1.54) is 50.5 Å². The van der Waals surface area contributed by atoms with Gasteiger partial charge in [-0.15, -0.1) is 0 Å². The number of fused-ring (bicyclic) bond motifs is 3. The first-order valence-corrected chi connectivity index (χ1v) is 8.39. The predicted octanol–water partition coefficient (Wildman–Crippen LogP) is 5.90. The van der Waals surface area contributed by atoms with Crippen molar-refractivity contribution in [1.82, 2.24) is 0 Å². The molecular weight excluding hydrogens is 228 g/mol. The normalized spacial score (nSPS) is 42.2. The molecule has 0 heteroatoms. The summed E-state index contributed by atoms with van der Waals surface area (Å²) in [4.78, 5) is 0. The van der Waals surface area contributed by atoms with Crippen LogP contribution in [0.3, 0.4) is 0 Å². The van der Waals surface area contributed by atoms with Crippen LogP contribution in [0, 0.1) is 23.2 Å². The van der Waals surface area contributed by atoms with Gasteiger partial charge in [-0.2, -0.15) is 0 Å². The second-order valence-electron chi connectivity index (χ2n) is 7.86. The maximum absolute atomic E-state index is 2.62. The van der Waals surface area contributed by atoms with Crippen molar-refractivity contribution in [2.24, 2.45) is 23.2 Å². The summed E-state index contributed by atoms with van der Waals surface area (Å²) >= 11 is 0. The molecule has 0 N–H and O–H groups in total. The van der Waals surface area contributed by atoms with Gasteiger partial charge in [0, 0.05) is 0 Å². The summed E-state index contributed by atoms with van der Waals surface area (Å²) in [6, 6.07) is 0. The first-order chi connectivity index (χ1) is 9.02. The first-order valence-electron chi connectivity index (χ1n) is 8.39. The Morgan fingerprint density at radius 1 is 1.16 bits per heavy atom. The van der Waals surface area contributed by atoms with Gasteiger partial charge in [-0.25, -0.2) is 0 Å². The summed E-state index contributed by atoms with van der Waals surface area (Å²) < 4.78 is 0. The highest BCUT2D eigenvalue weighted by Gasteiger charge is 2.49. The SMILES string of the molecule is CC(C)=C1C=C2CCC3C(C)CCCC3(C)C2CC1. The van der Waals surface area contributed by atoms with Crippen LogP contribution in [0.15, 0.2) is 22.8 Å². The lowest BCUT2D eigenvalue weighted by atomic mass is 9.50. The fourth-order valence-electron chi connectivity index (χ4n) is 5.49. The monoisotopic (exact) mass is 258 g/mol. The van der Waals surface area contributed by atoms with E-state index in [0.717, 1.165) is 17.8 Å². The Morgan fingerprint density at radius 2 is 1.95 bits per heavy atom. The summed E-state index contributed by atoms with van der Waals surface area (Å²) in [7, 11) is 0. The largest absolute Gasteiger partial charge is 0.0732 e. The number of rotatable bonds is 0. The Balaban J connectivity index is 1.94. The Labute approximate surface area is 119 Å². The van der Waals surface area contributed by atoms with E-state index in [0.29, 0.717) is 5.41 Å². The van der Waals surface area contributed by atoms with Crippen LogP contribution in [0.2, 0.25) is 0 Å². The lowest BCUT2D eigenvalue weighted by Gasteiger charge is -2.55. The third-order valence-electron chi connectivity index (χ3n) is 6.60. The number of allylic oxidation sites excluding steroid dienone is 4. The summed E-state index contributed by atoms with van der Waals surface area (Å²) in [5.74, 6) is 2.86. The summed E-state index contributed by atoms with van der Waals surface area (Å²) in [5, 5.41) is 0. The minimum Gasteiger partial charge on any atom is -0.0732 e. The smallest absolute Gasteiger partial charge is 0.0140 e. The molecule has 3 aliphatic carbocycles. The molecule has 0 aromatic rings. The molecule has 0 bridgehead atoms. The highest BCUT2D eigenvalue weighted by atomic mass is 14.5. The highest BCUT2D eigenvalue weighted by Crippen LogP contribution is 2.59. The van der Waals surface area contributed by atoms with Gasteiger partial charge < -0.3 is 0 Å². The summed E-state index contributed by atoms with van der Waals surface area (Å²) in [5.41, 5.74) is 5.59. The van der Waals surface area contributed by atoms with Crippen LogP contribution in [-0.2, 0) is 0 Å². The van der Waals surface area contributed by atoms with Crippen LogP contribution in [0.5, 0.6) is 0 Å². The van der Waals surface area contributed by atoms with Gasteiger partial charge in [0.05, 0.1) is 0 Å². The number of hydrogen-bond acceptors (Lipinski definition) is 0. The lowest BCUT2D eigenvalue weighted by molar-refractivity contribution is -0.00801. The molecule has 0 saturated heterocycles. The molecule has 0 aromatic carbocycles. The van der Waals surface area contributed by atoms with E-state index >= 15 is 0 Å². The Morgan fingerprint density at radius 3 is 2.68 bits per heavy atom. The Bertz CT molecular complexity index is 421. The second-order valence-corrected chi connectivity index (χ2v) is 7.86. The quantitative estimate of drug-likeness (QED) is 0.508. The van der Waals surface area contributed by atoms with Crippen molar-refractivity contribution < 1.29 is 0 Å². The zero-order chi connectivity index (χ0) is 13.6. The van der Waals surface area contributed by atoms with Crippen molar-refractivity contribution in [2.75, 3.05) is 0 Å². The van der Waals surface area contributed by atoms with Gasteiger partial charge in [-0.05, 0) is 74.7 Å². The molecule has 0 aliphatic heterocycles. The number of hydrogen-bond donors (Lipinski definition) is 0. The van der Waals surface area contributed by atoms with E-state index in [1.807, 2.05) is 0 Å². The second kappa shape index (κ2) is 4.79. The van der Waals surface area contributed by atoms with Gasteiger partial charge in [0.25, 0.3) is 0 Å². The minimum atomic E-state index is 0.620. The van der Waals surface area contributed by atoms with Gasteiger partial charge in [0.15, 0.2) is 0 Å². The zero-order valence-electron chi connectivity index (χ0n) is 13.3. The van der Waals surface area contributed by atoms with Crippen molar-refractivity contribution in [3.05, 3.63) is 22.8 Å². The maximum Gasteiger partial charge on any atom is -0.0140 e. The molecule has 2 fully saturated rings. The van der Waals surface area contributed by atoms with E-state index < -0.39 is 0 Å². The van der Waals surface area contributed by atoms with Crippen LogP contribution < -0.4 is 0 Å². The average molecular weight is 258 g/mol.